The summed E-state index contributed by atoms with van der Waals surface area (Å²) >= 11 is 0. The van der Waals surface area contributed by atoms with E-state index in [2.05, 4.69) is 10.6 Å². The van der Waals surface area contributed by atoms with Gasteiger partial charge in [0.05, 0.1) is 12.5 Å². The second-order valence-electron chi connectivity index (χ2n) is 4.79. The molecule has 5 heteroatoms. The Morgan fingerprint density at radius 3 is 2.75 bits per heavy atom. The minimum absolute atomic E-state index is 0.177. The van der Waals surface area contributed by atoms with Crippen molar-refractivity contribution in [2.45, 2.75) is 31.7 Å². The highest BCUT2D eigenvalue weighted by atomic mass is 16.5. The number of nitrogens with one attached hydrogen (secondary N) is 2. The van der Waals surface area contributed by atoms with Crippen molar-refractivity contribution in [3.8, 4) is 0 Å². The Kier molecular flexibility index (Phi) is 3.25. The fourth-order valence-corrected chi connectivity index (χ4v) is 2.07. The van der Waals surface area contributed by atoms with Gasteiger partial charge in [-0.3, -0.25) is 14.9 Å². The number of rotatable bonds is 6. The van der Waals surface area contributed by atoms with Crippen molar-refractivity contribution in [3.63, 3.8) is 0 Å². The standard InChI is InChI=1S/C11H18N2O3/c1-16-5-4-11(2-3-11)7-12-8-6-9(14)13-10(8)15/h8,12H,2-7H2,1H3,(H,13,14,15). The number of hydrogen-bond acceptors (Lipinski definition) is 4. The number of carbonyl (C=O) groups is 2. The van der Waals surface area contributed by atoms with Crippen molar-refractivity contribution >= 4 is 11.8 Å². The highest BCUT2D eigenvalue weighted by Crippen LogP contribution is 2.48. The second-order valence-corrected chi connectivity index (χ2v) is 4.79. The zero-order chi connectivity index (χ0) is 11.6. The van der Waals surface area contributed by atoms with E-state index in [4.69, 9.17) is 4.74 Å². The maximum absolute atomic E-state index is 11.3. The van der Waals surface area contributed by atoms with Crippen LogP contribution in [0.4, 0.5) is 0 Å². The molecule has 2 N–H and O–H groups in total. The number of imide groups is 1. The molecule has 1 heterocycles. The molecule has 5 nitrogen and oxygen atoms in total. The Morgan fingerprint density at radius 2 is 2.25 bits per heavy atom. The third-order valence-electron chi connectivity index (χ3n) is 3.49. The van der Waals surface area contributed by atoms with Crippen LogP contribution in [0.5, 0.6) is 0 Å². The van der Waals surface area contributed by atoms with E-state index < -0.39 is 0 Å². The van der Waals surface area contributed by atoms with Gasteiger partial charge in [-0.15, -0.1) is 0 Å². The van der Waals surface area contributed by atoms with E-state index in [0.717, 1.165) is 19.6 Å². The molecule has 0 aromatic carbocycles. The van der Waals surface area contributed by atoms with Crippen LogP contribution in [0.25, 0.3) is 0 Å². The normalized spacial score (nSPS) is 26.9. The summed E-state index contributed by atoms with van der Waals surface area (Å²) in [5, 5.41) is 5.49. The number of ether oxygens (including phenoxy) is 1. The smallest absolute Gasteiger partial charge is 0.244 e. The van der Waals surface area contributed by atoms with E-state index in [1.807, 2.05) is 0 Å². The summed E-state index contributed by atoms with van der Waals surface area (Å²) in [5.41, 5.74) is 0.307. The van der Waals surface area contributed by atoms with E-state index >= 15 is 0 Å². The Bertz CT molecular complexity index is 300. The molecule has 0 spiro atoms. The van der Waals surface area contributed by atoms with Crippen LogP contribution in [0.1, 0.15) is 25.7 Å². The van der Waals surface area contributed by atoms with Gasteiger partial charge in [-0.2, -0.15) is 0 Å². The molecule has 1 atom stereocenters. The van der Waals surface area contributed by atoms with Gasteiger partial charge >= 0.3 is 0 Å². The molecule has 1 saturated carbocycles. The van der Waals surface area contributed by atoms with Gasteiger partial charge in [0.1, 0.15) is 0 Å². The lowest BCUT2D eigenvalue weighted by Gasteiger charge is -2.17. The fraction of sp³-hybridized carbons (Fsp3) is 0.818. The first-order valence-corrected chi connectivity index (χ1v) is 5.71. The maximum atomic E-state index is 11.3. The van der Waals surface area contributed by atoms with E-state index in [9.17, 15) is 9.59 Å². The average Bonchev–Trinajstić information content (AvgIpc) is 2.95. The predicted octanol–water partition coefficient (Wildman–Crippen LogP) is -0.192. The van der Waals surface area contributed by atoms with Crippen LogP contribution in [0.3, 0.4) is 0 Å². The highest BCUT2D eigenvalue weighted by molar-refractivity contribution is 6.05. The van der Waals surface area contributed by atoms with Crippen LogP contribution in [-0.2, 0) is 14.3 Å². The van der Waals surface area contributed by atoms with Gasteiger partial charge in [0.15, 0.2) is 0 Å². The SMILES string of the molecule is COCCC1(CNC2CC(=O)NC2=O)CC1. The lowest BCUT2D eigenvalue weighted by atomic mass is 10.0. The van der Waals surface area contributed by atoms with Crippen LogP contribution in [0.2, 0.25) is 0 Å². The molecule has 0 aromatic rings. The van der Waals surface area contributed by atoms with Crippen LogP contribution in [0, 0.1) is 5.41 Å². The molecule has 1 aliphatic heterocycles. The Hall–Kier alpha value is -0.940. The van der Waals surface area contributed by atoms with E-state index in [0.29, 0.717) is 5.41 Å². The summed E-state index contributed by atoms with van der Waals surface area (Å²) in [7, 11) is 1.70. The predicted molar refractivity (Wildman–Crippen MR) is 57.7 cm³/mol. The summed E-state index contributed by atoms with van der Waals surface area (Å²) in [6.07, 6.45) is 3.68. The zero-order valence-electron chi connectivity index (χ0n) is 9.54. The third kappa shape index (κ3) is 2.59. The average molecular weight is 226 g/mol. The lowest BCUT2D eigenvalue weighted by Crippen LogP contribution is -2.39. The summed E-state index contributed by atoms with van der Waals surface area (Å²) in [6, 6.07) is -0.326. The van der Waals surface area contributed by atoms with Gasteiger partial charge in [-0.25, -0.2) is 0 Å². The van der Waals surface area contributed by atoms with Crippen LogP contribution >= 0.6 is 0 Å². The summed E-state index contributed by atoms with van der Waals surface area (Å²) in [5.74, 6) is -0.364. The minimum atomic E-state index is -0.326. The van der Waals surface area contributed by atoms with Crippen LogP contribution < -0.4 is 10.6 Å². The van der Waals surface area contributed by atoms with Gasteiger partial charge in [-0.1, -0.05) is 0 Å². The lowest BCUT2D eigenvalue weighted by molar-refractivity contribution is -0.125. The van der Waals surface area contributed by atoms with Crippen molar-refractivity contribution in [1.29, 1.82) is 0 Å². The molecule has 0 radical (unpaired) electrons. The molecule has 16 heavy (non-hydrogen) atoms. The fourth-order valence-electron chi connectivity index (χ4n) is 2.07. The molecular formula is C11H18N2O3. The van der Waals surface area contributed by atoms with Crippen molar-refractivity contribution in [3.05, 3.63) is 0 Å². The first-order valence-electron chi connectivity index (χ1n) is 5.71. The Morgan fingerprint density at radius 1 is 1.50 bits per heavy atom. The molecule has 1 saturated heterocycles. The maximum Gasteiger partial charge on any atom is 0.244 e. The molecule has 2 fully saturated rings. The third-order valence-corrected chi connectivity index (χ3v) is 3.49. The van der Waals surface area contributed by atoms with Crippen molar-refractivity contribution in [2.75, 3.05) is 20.3 Å². The molecule has 2 aliphatic rings. The largest absolute Gasteiger partial charge is 0.385 e. The van der Waals surface area contributed by atoms with Gasteiger partial charge in [-0.05, 0) is 24.7 Å². The van der Waals surface area contributed by atoms with Gasteiger partial charge in [0.25, 0.3) is 0 Å². The Balaban J connectivity index is 1.75. The second kappa shape index (κ2) is 4.51. The molecule has 0 aromatic heterocycles. The molecule has 2 rings (SSSR count). The number of carbonyl (C=O) groups excluding carboxylic acids is 2. The molecule has 0 bridgehead atoms. The zero-order valence-corrected chi connectivity index (χ0v) is 9.54. The van der Waals surface area contributed by atoms with Crippen molar-refractivity contribution < 1.29 is 14.3 Å². The first-order chi connectivity index (χ1) is 7.65. The molecule has 1 unspecified atom stereocenters. The van der Waals surface area contributed by atoms with Crippen LogP contribution in [-0.4, -0.2) is 38.1 Å². The summed E-state index contributed by atoms with van der Waals surface area (Å²) in [6.45, 7) is 1.57. The molecule has 90 valence electrons. The Labute approximate surface area is 94.9 Å². The van der Waals surface area contributed by atoms with Crippen molar-refractivity contribution in [1.82, 2.24) is 10.6 Å². The van der Waals surface area contributed by atoms with E-state index in [-0.39, 0.29) is 24.3 Å². The van der Waals surface area contributed by atoms with Gasteiger partial charge in [0.2, 0.25) is 11.8 Å². The van der Waals surface area contributed by atoms with E-state index in [1.165, 1.54) is 12.8 Å². The number of hydrogen-bond donors (Lipinski definition) is 2. The minimum Gasteiger partial charge on any atom is -0.385 e. The van der Waals surface area contributed by atoms with E-state index in [1.54, 1.807) is 7.11 Å². The topological polar surface area (TPSA) is 67.4 Å². The quantitative estimate of drug-likeness (QED) is 0.616. The number of amides is 2. The summed E-state index contributed by atoms with van der Waals surface area (Å²) < 4.78 is 5.07. The number of methoxy groups -OCH3 is 1. The highest BCUT2D eigenvalue weighted by Gasteiger charge is 2.43. The van der Waals surface area contributed by atoms with Crippen molar-refractivity contribution in [2.24, 2.45) is 5.41 Å². The van der Waals surface area contributed by atoms with Crippen LogP contribution in [0.15, 0.2) is 0 Å². The molecule has 2 amide bonds. The molecule has 1 aliphatic carbocycles. The first kappa shape index (κ1) is 11.5. The monoisotopic (exact) mass is 226 g/mol. The van der Waals surface area contributed by atoms with Gasteiger partial charge in [0, 0.05) is 20.3 Å². The van der Waals surface area contributed by atoms with Gasteiger partial charge < -0.3 is 10.1 Å². The molecular weight excluding hydrogens is 208 g/mol. The summed E-state index contributed by atoms with van der Waals surface area (Å²) in [4.78, 5) is 22.3.